The van der Waals surface area contributed by atoms with Crippen LogP contribution in [0.3, 0.4) is 0 Å². The van der Waals surface area contributed by atoms with Crippen molar-refractivity contribution in [3.8, 4) is 5.75 Å². The third-order valence-electron chi connectivity index (χ3n) is 3.82. The monoisotopic (exact) mass is 291 g/mol. The molecule has 1 aliphatic heterocycles. The quantitative estimate of drug-likeness (QED) is 0.796. The summed E-state index contributed by atoms with van der Waals surface area (Å²) in [5, 5.41) is 0. The minimum atomic E-state index is -0.254. The largest absolute Gasteiger partial charge is 0.493 e. The smallest absolute Gasteiger partial charge is 0.310 e. The number of likely N-dealkylation sites (tertiary alicyclic amines) is 1. The first-order valence-corrected chi connectivity index (χ1v) is 7.17. The molecule has 0 aromatic heterocycles. The van der Waals surface area contributed by atoms with Crippen molar-refractivity contribution in [3.05, 3.63) is 29.8 Å². The van der Waals surface area contributed by atoms with Crippen LogP contribution in [-0.2, 0) is 9.53 Å². The van der Waals surface area contributed by atoms with Gasteiger partial charge in [0.25, 0.3) is 5.91 Å². The minimum Gasteiger partial charge on any atom is -0.493 e. The fourth-order valence-electron chi connectivity index (χ4n) is 2.69. The summed E-state index contributed by atoms with van der Waals surface area (Å²) >= 11 is 0. The van der Waals surface area contributed by atoms with Gasteiger partial charge < -0.3 is 14.4 Å². The topological polar surface area (TPSA) is 55.8 Å². The second-order valence-corrected chi connectivity index (χ2v) is 5.25. The van der Waals surface area contributed by atoms with Gasteiger partial charge in [0.1, 0.15) is 5.75 Å². The van der Waals surface area contributed by atoms with Crippen LogP contribution in [0.2, 0.25) is 0 Å². The maximum atomic E-state index is 12.6. The number of hydrogen-bond acceptors (Lipinski definition) is 4. The molecule has 0 radical (unpaired) electrons. The van der Waals surface area contributed by atoms with Crippen LogP contribution in [0.5, 0.6) is 5.75 Å². The van der Waals surface area contributed by atoms with E-state index in [1.807, 2.05) is 26.0 Å². The van der Waals surface area contributed by atoms with Crippen LogP contribution in [-0.4, -0.2) is 43.6 Å². The zero-order chi connectivity index (χ0) is 15.4. The number of rotatable bonds is 4. The molecule has 2 rings (SSSR count). The Morgan fingerprint density at radius 2 is 2.00 bits per heavy atom. The lowest BCUT2D eigenvalue weighted by Crippen LogP contribution is -2.30. The lowest BCUT2D eigenvalue weighted by Gasteiger charge is -2.18. The first-order valence-electron chi connectivity index (χ1n) is 7.17. The van der Waals surface area contributed by atoms with Crippen LogP contribution in [0.4, 0.5) is 0 Å². The molecule has 21 heavy (non-hydrogen) atoms. The summed E-state index contributed by atoms with van der Waals surface area (Å²) in [7, 11) is 1.38. The SMILES string of the molecule is CCOc1ccccc1C(=O)N1CC(C)C(C(=O)OC)C1. The van der Waals surface area contributed by atoms with Crippen molar-refractivity contribution in [2.45, 2.75) is 13.8 Å². The number of para-hydroxylation sites is 1. The summed E-state index contributed by atoms with van der Waals surface area (Å²) in [4.78, 5) is 26.1. The number of benzene rings is 1. The van der Waals surface area contributed by atoms with Crippen LogP contribution in [0.1, 0.15) is 24.2 Å². The molecule has 1 aromatic rings. The van der Waals surface area contributed by atoms with E-state index in [1.54, 1.807) is 17.0 Å². The average molecular weight is 291 g/mol. The van der Waals surface area contributed by atoms with Crippen LogP contribution < -0.4 is 4.74 Å². The number of nitrogens with zero attached hydrogens (tertiary/aromatic N) is 1. The highest BCUT2D eigenvalue weighted by Crippen LogP contribution is 2.28. The molecule has 1 aliphatic rings. The lowest BCUT2D eigenvalue weighted by atomic mass is 9.99. The van der Waals surface area contributed by atoms with Gasteiger partial charge in [0.15, 0.2) is 0 Å². The van der Waals surface area contributed by atoms with E-state index in [0.717, 1.165) is 0 Å². The van der Waals surface area contributed by atoms with Gasteiger partial charge in [0.05, 0.1) is 25.2 Å². The van der Waals surface area contributed by atoms with Gasteiger partial charge >= 0.3 is 5.97 Å². The van der Waals surface area contributed by atoms with Gasteiger partial charge in [-0.15, -0.1) is 0 Å². The Balaban J connectivity index is 2.16. The third-order valence-corrected chi connectivity index (χ3v) is 3.82. The van der Waals surface area contributed by atoms with Gasteiger partial charge in [-0.2, -0.15) is 0 Å². The van der Waals surface area contributed by atoms with Crippen molar-refractivity contribution in [3.63, 3.8) is 0 Å². The summed E-state index contributed by atoms with van der Waals surface area (Å²) in [5.41, 5.74) is 0.539. The molecule has 1 aromatic carbocycles. The van der Waals surface area contributed by atoms with E-state index in [4.69, 9.17) is 9.47 Å². The van der Waals surface area contributed by atoms with E-state index in [-0.39, 0.29) is 23.7 Å². The fourth-order valence-corrected chi connectivity index (χ4v) is 2.69. The van der Waals surface area contributed by atoms with Crippen LogP contribution in [0, 0.1) is 11.8 Å². The maximum Gasteiger partial charge on any atom is 0.310 e. The summed E-state index contributed by atoms with van der Waals surface area (Å²) in [6.45, 7) is 5.30. The Kier molecular flexibility index (Phi) is 4.83. The first kappa shape index (κ1) is 15.4. The summed E-state index contributed by atoms with van der Waals surface area (Å²) in [5.74, 6) is 0.0752. The van der Waals surface area contributed by atoms with Gasteiger partial charge in [-0.05, 0) is 25.0 Å². The van der Waals surface area contributed by atoms with Crippen LogP contribution >= 0.6 is 0 Å². The highest BCUT2D eigenvalue weighted by molar-refractivity contribution is 5.97. The zero-order valence-corrected chi connectivity index (χ0v) is 12.7. The van der Waals surface area contributed by atoms with Crippen molar-refractivity contribution in [1.82, 2.24) is 4.90 Å². The molecule has 2 unspecified atom stereocenters. The first-order chi connectivity index (χ1) is 10.1. The van der Waals surface area contributed by atoms with E-state index >= 15 is 0 Å². The van der Waals surface area contributed by atoms with Crippen molar-refractivity contribution < 1.29 is 19.1 Å². The Hall–Kier alpha value is -2.04. The normalized spacial score (nSPS) is 21.2. The average Bonchev–Trinajstić information content (AvgIpc) is 2.88. The minimum absolute atomic E-state index is 0.0978. The van der Waals surface area contributed by atoms with Crippen molar-refractivity contribution >= 4 is 11.9 Å². The number of carbonyl (C=O) groups is 2. The van der Waals surface area contributed by atoms with Crippen LogP contribution in [0.25, 0.3) is 0 Å². The molecule has 5 heteroatoms. The molecule has 1 amide bonds. The Morgan fingerprint density at radius 3 is 2.67 bits per heavy atom. The molecule has 0 saturated carbocycles. The molecule has 1 fully saturated rings. The molecular formula is C16H21NO4. The molecule has 0 spiro atoms. The Bertz CT molecular complexity index is 529. The summed E-state index contributed by atoms with van der Waals surface area (Å²) in [6, 6.07) is 7.19. The Morgan fingerprint density at radius 1 is 1.29 bits per heavy atom. The van der Waals surface area contributed by atoms with E-state index in [1.165, 1.54) is 7.11 Å². The highest BCUT2D eigenvalue weighted by atomic mass is 16.5. The molecule has 1 heterocycles. The van der Waals surface area contributed by atoms with E-state index in [2.05, 4.69) is 0 Å². The van der Waals surface area contributed by atoms with E-state index < -0.39 is 0 Å². The predicted molar refractivity (Wildman–Crippen MR) is 78.2 cm³/mol. The van der Waals surface area contributed by atoms with Gasteiger partial charge in [-0.25, -0.2) is 0 Å². The molecule has 5 nitrogen and oxygen atoms in total. The standard InChI is InChI=1S/C16H21NO4/c1-4-21-14-8-6-5-7-12(14)15(18)17-9-11(2)13(10-17)16(19)20-3/h5-8,11,13H,4,9-10H2,1-3H3. The van der Waals surface area contributed by atoms with Crippen molar-refractivity contribution in [2.75, 3.05) is 26.8 Å². The Labute approximate surface area is 124 Å². The van der Waals surface area contributed by atoms with Gasteiger partial charge in [-0.3, -0.25) is 9.59 Å². The number of hydrogen-bond donors (Lipinski definition) is 0. The molecule has 114 valence electrons. The molecular weight excluding hydrogens is 270 g/mol. The van der Waals surface area contributed by atoms with Gasteiger partial charge in [0.2, 0.25) is 0 Å². The van der Waals surface area contributed by atoms with Crippen LogP contribution in [0.15, 0.2) is 24.3 Å². The fraction of sp³-hybridized carbons (Fsp3) is 0.500. The van der Waals surface area contributed by atoms with Gasteiger partial charge in [0, 0.05) is 13.1 Å². The molecule has 1 saturated heterocycles. The second kappa shape index (κ2) is 6.61. The van der Waals surface area contributed by atoms with Gasteiger partial charge in [-0.1, -0.05) is 19.1 Å². The number of carbonyl (C=O) groups excluding carboxylic acids is 2. The molecule has 2 atom stereocenters. The zero-order valence-electron chi connectivity index (χ0n) is 12.7. The third kappa shape index (κ3) is 3.17. The number of amides is 1. The second-order valence-electron chi connectivity index (χ2n) is 5.25. The highest BCUT2D eigenvalue weighted by Gasteiger charge is 2.38. The number of methoxy groups -OCH3 is 1. The summed E-state index contributed by atoms with van der Waals surface area (Å²) in [6.07, 6.45) is 0. The molecule has 0 bridgehead atoms. The van der Waals surface area contributed by atoms with E-state index in [9.17, 15) is 9.59 Å². The summed E-state index contributed by atoms with van der Waals surface area (Å²) < 4.78 is 10.3. The number of esters is 1. The van der Waals surface area contributed by atoms with Crippen molar-refractivity contribution in [1.29, 1.82) is 0 Å². The number of ether oxygens (including phenoxy) is 2. The predicted octanol–water partition coefficient (Wildman–Crippen LogP) is 1.97. The lowest BCUT2D eigenvalue weighted by molar-refractivity contribution is -0.146. The van der Waals surface area contributed by atoms with E-state index in [0.29, 0.717) is 31.0 Å². The van der Waals surface area contributed by atoms with Crippen molar-refractivity contribution in [2.24, 2.45) is 11.8 Å². The maximum absolute atomic E-state index is 12.6. The molecule has 0 N–H and O–H groups in total. The molecule has 0 aliphatic carbocycles.